The van der Waals surface area contributed by atoms with Crippen molar-refractivity contribution in [2.24, 2.45) is 5.92 Å². The lowest BCUT2D eigenvalue weighted by molar-refractivity contribution is 0.259. The van der Waals surface area contributed by atoms with Crippen molar-refractivity contribution < 1.29 is 4.74 Å². The van der Waals surface area contributed by atoms with Crippen LogP contribution in [-0.4, -0.2) is 11.6 Å². The van der Waals surface area contributed by atoms with Gasteiger partial charge in [0.25, 0.3) is 0 Å². The molecule has 0 radical (unpaired) electrons. The minimum Gasteiger partial charge on any atom is -0.477 e. The maximum atomic E-state index is 5.57. The van der Waals surface area contributed by atoms with E-state index in [2.05, 4.69) is 18.8 Å². The average molecular weight is 179 g/mol. The molecule has 0 spiro atoms. The van der Waals surface area contributed by atoms with E-state index in [1.54, 1.807) is 0 Å². The molecule has 72 valence electrons. The number of hydrogen-bond acceptors (Lipinski definition) is 2. The van der Waals surface area contributed by atoms with Gasteiger partial charge in [-0.1, -0.05) is 19.9 Å². The van der Waals surface area contributed by atoms with E-state index < -0.39 is 0 Å². The van der Waals surface area contributed by atoms with Crippen LogP contribution in [0.15, 0.2) is 12.1 Å². The van der Waals surface area contributed by atoms with Crippen molar-refractivity contribution in [2.75, 3.05) is 6.61 Å². The summed E-state index contributed by atoms with van der Waals surface area (Å²) in [6.07, 6.45) is 0. The summed E-state index contributed by atoms with van der Waals surface area (Å²) in [5.41, 5.74) is 2.11. The van der Waals surface area contributed by atoms with Crippen molar-refractivity contribution in [3.05, 3.63) is 23.4 Å². The molecule has 0 amide bonds. The van der Waals surface area contributed by atoms with Crippen LogP contribution < -0.4 is 4.74 Å². The first-order chi connectivity index (χ1) is 6.09. The minimum atomic E-state index is 0.543. The second-order valence-electron chi connectivity index (χ2n) is 3.78. The first-order valence-electron chi connectivity index (χ1n) is 4.66. The highest BCUT2D eigenvalue weighted by Gasteiger charge is 2.02. The van der Waals surface area contributed by atoms with Crippen LogP contribution >= 0.6 is 0 Å². The summed E-state index contributed by atoms with van der Waals surface area (Å²) in [5, 5.41) is 0. The molecule has 0 saturated heterocycles. The third kappa shape index (κ3) is 3.05. The fourth-order valence-electron chi connectivity index (χ4n) is 0.994. The lowest BCUT2D eigenvalue weighted by Crippen LogP contribution is -2.07. The molecular weight excluding hydrogens is 162 g/mol. The smallest absolute Gasteiger partial charge is 0.216 e. The highest BCUT2D eigenvalue weighted by atomic mass is 16.5. The monoisotopic (exact) mass is 179 g/mol. The zero-order chi connectivity index (χ0) is 9.84. The normalized spacial score (nSPS) is 10.5. The number of nitrogens with zero attached hydrogens (tertiary/aromatic N) is 1. The molecule has 0 saturated carbocycles. The Hall–Kier alpha value is -1.05. The fraction of sp³-hybridized carbons (Fsp3) is 0.545. The van der Waals surface area contributed by atoms with E-state index in [0.29, 0.717) is 5.92 Å². The van der Waals surface area contributed by atoms with Gasteiger partial charge in [0.15, 0.2) is 0 Å². The van der Waals surface area contributed by atoms with E-state index in [-0.39, 0.29) is 0 Å². The van der Waals surface area contributed by atoms with Crippen LogP contribution in [0.2, 0.25) is 0 Å². The summed E-state index contributed by atoms with van der Waals surface area (Å²) >= 11 is 0. The van der Waals surface area contributed by atoms with E-state index >= 15 is 0 Å². The van der Waals surface area contributed by atoms with E-state index in [4.69, 9.17) is 4.74 Å². The molecular formula is C11H17NO. The summed E-state index contributed by atoms with van der Waals surface area (Å²) in [4.78, 5) is 4.32. The first kappa shape index (κ1) is 10.0. The van der Waals surface area contributed by atoms with Gasteiger partial charge < -0.3 is 4.74 Å². The highest BCUT2D eigenvalue weighted by Crippen LogP contribution is 2.15. The summed E-state index contributed by atoms with van der Waals surface area (Å²) < 4.78 is 5.57. The molecule has 2 heteroatoms. The molecule has 0 aromatic carbocycles. The largest absolute Gasteiger partial charge is 0.477 e. The Morgan fingerprint density at radius 2 is 2.00 bits per heavy atom. The topological polar surface area (TPSA) is 22.1 Å². The van der Waals surface area contributed by atoms with E-state index in [0.717, 1.165) is 23.7 Å². The number of hydrogen-bond donors (Lipinski definition) is 0. The maximum absolute atomic E-state index is 5.57. The van der Waals surface area contributed by atoms with Gasteiger partial charge in [0.1, 0.15) is 0 Å². The average Bonchev–Trinajstić information content (AvgIpc) is 2.06. The quantitative estimate of drug-likeness (QED) is 0.711. The van der Waals surface area contributed by atoms with Gasteiger partial charge in [0.2, 0.25) is 5.88 Å². The molecule has 0 bridgehead atoms. The lowest BCUT2D eigenvalue weighted by atomic mass is 10.2. The maximum Gasteiger partial charge on any atom is 0.216 e. The fourth-order valence-corrected chi connectivity index (χ4v) is 0.994. The van der Waals surface area contributed by atoms with Gasteiger partial charge in [-0.05, 0) is 25.8 Å². The Morgan fingerprint density at radius 1 is 1.31 bits per heavy atom. The SMILES string of the molecule is Cc1ccc(C)c(OCC(C)C)n1. The number of aryl methyl sites for hydroxylation is 2. The molecule has 0 unspecified atom stereocenters. The molecule has 0 aliphatic rings. The molecule has 0 aliphatic heterocycles. The molecule has 1 aromatic heterocycles. The Kier molecular flexibility index (Phi) is 3.29. The van der Waals surface area contributed by atoms with Gasteiger partial charge in [-0.2, -0.15) is 0 Å². The lowest BCUT2D eigenvalue weighted by Gasteiger charge is -2.10. The molecule has 13 heavy (non-hydrogen) atoms. The minimum absolute atomic E-state index is 0.543. The van der Waals surface area contributed by atoms with Crippen LogP contribution in [0.4, 0.5) is 0 Å². The molecule has 0 N–H and O–H groups in total. The first-order valence-corrected chi connectivity index (χ1v) is 4.66. The van der Waals surface area contributed by atoms with Crippen molar-refractivity contribution in [2.45, 2.75) is 27.7 Å². The number of rotatable bonds is 3. The molecule has 2 nitrogen and oxygen atoms in total. The predicted octanol–water partition coefficient (Wildman–Crippen LogP) is 2.73. The van der Waals surface area contributed by atoms with Crippen molar-refractivity contribution in [1.82, 2.24) is 4.98 Å². The summed E-state index contributed by atoms with van der Waals surface area (Å²) in [6.45, 7) is 8.98. The van der Waals surface area contributed by atoms with E-state index in [1.807, 2.05) is 26.0 Å². The van der Waals surface area contributed by atoms with Crippen molar-refractivity contribution in [3.63, 3.8) is 0 Å². The Balaban J connectivity index is 2.70. The van der Waals surface area contributed by atoms with Gasteiger partial charge >= 0.3 is 0 Å². The van der Waals surface area contributed by atoms with Crippen LogP contribution in [0.3, 0.4) is 0 Å². The second kappa shape index (κ2) is 4.26. The second-order valence-corrected chi connectivity index (χ2v) is 3.78. The Bertz CT molecular complexity index is 281. The zero-order valence-corrected chi connectivity index (χ0v) is 8.79. The third-order valence-corrected chi connectivity index (χ3v) is 1.74. The molecule has 0 aliphatic carbocycles. The number of aromatic nitrogens is 1. The highest BCUT2D eigenvalue weighted by molar-refractivity contribution is 5.26. The van der Waals surface area contributed by atoms with E-state index in [9.17, 15) is 0 Å². The van der Waals surface area contributed by atoms with Crippen LogP contribution in [-0.2, 0) is 0 Å². The van der Waals surface area contributed by atoms with Gasteiger partial charge in [0.05, 0.1) is 6.61 Å². The van der Waals surface area contributed by atoms with Gasteiger partial charge in [0, 0.05) is 11.3 Å². The van der Waals surface area contributed by atoms with Crippen molar-refractivity contribution in [1.29, 1.82) is 0 Å². The molecule has 1 aromatic rings. The third-order valence-electron chi connectivity index (χ3n) is 1.74. The Labute approximate surface area is 80.0 Å². The number of pyridine rings is 1. The van der Waals surface area contributed by atoms with Crippen molar-refractivity contribution in [3.8, 4) is 5.88 Å². The summed E-state index contributed by atoms with van der Waals surface area (Å²) in [6, 6.07) is 4.04. The van der Waals surface area contributed by atoms with Crippen LogP contribution in [0, 0.1) is 19.8 Å². The summed E-state index contributed by atoms with van der Waals surface area (Å²) in [5.74, 6) is 1.32. The number of ether oxygens (including phenoxy) is 1. The van der Waals surface area contributed by atoms with Gasteiger partial charge in [-0.25, -0.2) is 4.98 Å². The van der Waals surface area contributed by atoms with Crippen molar-refractivity contribution >= 4 is 0 Å². The Morgan fingerprint density at radius 3 is 2.62 bits per heavy atom. The zero-order valence-electron chi connectivity index (χ0n) is 8.79. The molecule has 0 fully saturated rings. The van der Waals surface area contributed by atoms with Crippen LogP contribution in [0.1, 0.15) is 25.1 Å². The molecule has 1 heterocycles. The molecule has 0 atom stereocenters. The predicted molar refractivity (Wildman–Crippen MR) is 54.0 cm³/mol. The van der Waals surface area contributed by atoms with Crippen LogP contribution in [0.5, 0.6) is 5.88 Å². The van der Waals surface area contributed by atoms with Crippen LogP contribution in [0.25, 0.3) is 0 Å². The molecule has 1 rings (SSSR count). The summed E-state index contributed by atoms with van der Waals surface area (Å²) in [7, 11) is 0. The van der Waals surface area contributed by atoms with Gasteiger partial charge in [-0.15, -0.1) is 0 Å². The van der Waals surface area contributed by atoms with E-state index in [1.165, 1.54) is 0 Å². The standard InChI is InChI=1S/C11H17NO/c1-8(2)7-13-11-9(3)5-6-10(4)12-11/h5-6,8H,7H2,1-4H3. The van der Waals surface area contributed by atoms with Gasteiger partial charge in [-0.3, -0.25) is 0 Å².